The van der Waals surface area contributed by atoms with E-state index in [1.165, 1.54) is 12.8 Å². The molecular weight excluding hydrogens is 264 g/mol. The first-order chi connectivity index (χ1) is 9.56. The third-order valence-electron chi connectivity index (χ3n) is 3.34. The molecule has 1 fully saturated rings. The summed E-state index contributed by atoms with van der Waals surface area (Å²) in [4.78, 5) is 24.1. The molecule has 0 aromatic carbocycles. The van der Waals surface area contributed by atoms with Crippen molar-refractivity contribution in [2.75, 3.05) is 40.0 Å². The van der Waals surface area contributed by atoms with E-state index in [1.54, 1.807) is 12.0 Å². The Morgan fingerprint density at radius 3 is 2.65 bits per heavy atom. The van der Waals surface area contributed by atoms with Crippen LogP contribution in [0.2, 0.25) is 0 Å². The van der Waals surface area contributed by atoms with E-state index in [2.05, 4.69) is 5.32 Å². The maximum atomic E-state index is 12.1. The lowest BCUT2D eigenvalue weighted by Crippen LogP contribution is -2.48. The zero-order chi connectivity index (χ0) is 15.0. The summed E-state index contributed by atoms with van der Waals surface area (Å²) in [5.41, 5.74) is 0. The van der Waals surface area contributed by atoms with Crippen LogP contribution in [0, 0.1) is 5.92 Å². The molecule has 7 heteroatoms. The SMILES string of the molecule is COCCN(C(=O)NCCOCC(=O)O)C(C)C1CC1. The van der Waals surface area contributed by atoms with E-state index in [0.29, 0.717) is 25.6 Å². The summed E-state index contributed by atoms with van der Waals surface area (Å²) in [5, 5.41) is 11.2. The average Bonchev–Trinajstić information content (AvgIpc) is 3.22. The van der Waals surface area contributed by atoms with Crippen molar-refractivity contribution < 1.29 is 24.2 Å². The third kappa shape index (κ3) is 6.21. The first-order valence-corrected chi connectivity index (χ1v) is 6.89. The monoisotopic (exact) mass is 288 g/mol. The summed E-state index contributed by atoms with van der Waals surface area (Å²) >= 11 is 0. The largest absolute Gasteiger partial charge is 0.480 e. The van der Waals surface area contributed by atoms with Gasteiger partial charge in [-0.05, 0) is 25.7 Å². The Balaban J connectivity index is 2.28. The summed E-state index contributed by atoms with van der Waals surface area (Å²) < 4.78 is 9.90. The van der Waals surface area contributed by atoms with Crippen molar-refractivity contribution >= 4 is 12.0 Å². The molecule has 7 nitrogen and oxygen atoms in total. The second kappa shape index (κ2) is 8.76. The number of hydrogen-bond donors (Lipinski definition) is 2. The van der Waals surface area contributed by atoms with Gasteiger partial charge < -0.3 is 24.8 Å². The van der Waals surface area contributed by atoms with Crippen LogP contribution in [-0.4, -0.2) is 68.1 Å². The number of aliphatic carboxylic acids is 1. The molecule has 1 rings (SSSR count). The highest BCUT2D eigenvalue weighted by Gasteiger charge is 2.33. The molecule has 0 bridgehead atoms. The van der Waals surface area contributed by atoms with E-state index in [-0.39, 0.29) is 25.3 Å². The van der Waals surface area contributed by atoms with E-state index in [1.807, 2.05) is 6.92 Å². The van der Waals surface area contributed by atoms with Crippen LogP contribution in [0.1, 0.15) is 19.8 Å². The maximum absolute atomic E-state index is 12.1. The first kappa shape index (κ1) is 16.7. The number of carbonyl (C=O) groups is 2. The summed E-state index contributed by atoms with van der Waals surface area (Å²) in [6.45, 7) is 3.24. The van der Waals surface area contributed by atoms with Gasteiger partial charge >= 0.3 is 12.0 Å². The molecule has 116 valence electrons. The number of nitrogens with zero attached hydrogens (tertiary/aromatic N) is 1. The van der Waals surface area contributed by atoms with Gasteiger partial charge in [0.1, 0.15) is 6.61 Å². The number of urea groups is 1. The number of methoxy groups -OCH3 is 1. The van der Waals surface area contributed by atoms with Gasteiger partial charge in [0.05, 0.1) is 13.2 Å². The fraction of sp³-hybridized carbons (Fsp3) is 0.846. The molecule has 0 aliphatic heterocycles. The smallest absolute Gasteiger partial charge is 0.329 e. The van der Waals surface area contributed by atoms with Crippen molar-refractivity contribution in [1.82, 2.24) is 10.2 Å². The number of ether oxygens (including phenoxy) is 2. The van der Waals surface area contributed by atoms with Crippen LogP contribution in [0.3, 0.4) is 0 Å². The third-order valence-corrected chi connectivity index (χ3v) is 3.34. The first-order valence-electron chi connectivity index (χ1n) is 6.89. The predicted molar refractivity (Wildman–Crippen MR) is 72.6 cm³/mol. The van der Waals surface area contributed by atoms with Gasteiger partial charge in [0.2, 0.25) is 0 Å². The van der Waals surface area contributed by atoms with Crippen LogP contribution in [0.4, 0.5) is 4.79 Å². The number of hydrogen-bond acceptors (Lipinski definition) is 4. The second-order valence-corrected chi connectivity index (χ2v) is 4.94. The fourth-order valence-electron chi connectivity index (χ4n) is 2.00. The summed E-state index contributed by atoms with van der Waals surface area (Å²) in [6, 6.07) is 0.0467. The van der Waals surface area contributed by atoms with Gasteiger partial charge in [-0.2, -0.15) is 0 Å². The van der Waals surface area contributed by atoms with Crippen molar-refractivity contribution in [2.45, 2.75) is 25.8 Å². The van der Waals surface area contributed by atoms with E-state index < -0.39 is 5.97 Å². The minimum atomic E-state index is -1.01. The van der Waals surface area contributed by atoms with Crippen molar-refractivity contribution in [3.05, 3.63) is 0 Å². The minimum Gasteiger partial charge on any atom is -0.480 e. The van der Waals surface area contributed by atoms with Crippen molar-refractivity contribution in [2.24, 2.45) is 5.92 Å². The van der Waals surface area contributed by atoms with Crippen LogP contribution in [0.25, 0.3) is 0 Å². The topological polar surface area (TPSA) is 88.1 Å². The van der Waals surface area contributed by atoms with Gasteiger partial charge in [0.25, 0.3) is 0 Å². The summed E-state index contributed by atoms with van der Waals surface area (Å²) in [6.07, 6.45) is 2.33. The second-order valence-electron chi connectivity index (χ2n) is 4.94. The van der Waals surface area contributed by atoms with Crippen LogP contribution in [0.5, 0.6) is 0 Å². The van der Waals surface area contributed by atoms with Crippen LogP contribution < -0.4 is 5.32 Å². The lowest BCUT2D eigenvalue weighted by Gasteiger charge is -2.29. The number of carboxylic acids is 1. The summed E-state index contributed by atoms with van der Waals surface area (Å²) in [5.74, 6) is -0.429. The highest BCUT2D eigenvalue weighted by Crippen LogP contribution is 2.35. The molecule has 1 unspecified atom stereocenters. The molecule has 0 aromatic heterocycles. The molecule has 1 atom stereocenters. The van der Waals surface area contributed by atoms with Gasteiger partial charge in [0, 0.05) is 26.2 Å². The van der Waals surface area contributed by atoms with Gasteiger partial charge in [-0.1, -0.05) is 0 Å². The number of carboxylic acid groups (broad SMARTS) is 1. The van der Waals surface area contributed by atoms with Crippen molar-refractivity contribution in [3.8, 4) is 0 Å². The Bertz CT molecular complexity index is 320. The molecule has 2 N–H and O–H groups in total. The van der Waals surface area contributed by atoms with Crippen LogP contribution >= 0.6 is 0 Å². The number of carbonyl (C=O) groups excluding carboxylic acids is 1. The molecule has 1 aliphatic carbocycles. The quantitative estimate of drug-likeness (QED) is 0.573. The Kier molecular flexibility index (Phi) is 7.32. The van der Waals surface area contributed by atoms with E-state index >= 15 is 0 Å². The normalized spacial score (nSPS) is 15.7. The van der Waals surface area contributed by atoms with E-state index in [0.717, 1.165) is 0 Å². The standard InChI is InChI=1S/C13H24N2O5/c1-10(11-3-4-11)15(6-8-19-2)13(18)14-5-7-20-9-12(16)17/h10-11H,3-9H2,1-2H3,(H,14,18)(H,16,17). The van der Waals surface area contributed by atoms with Crippen LogP contribution in [0.15, 0.2) is 0 Å². The number of rotatable bonds is 10. The van der Waals surface area contributed by atoms with E-state index in [4.69, 9.17) is 14.6 Å². The van der Waals surface area contributed by atoms with Gasteiger partial charge in [-0.25, -0.2) is 9.59 Å². The van der Waals surface area contributed by atoms with Crippen molar-refractivity contribution in [1.29, 1.82) is 0 Å². The highest BCUT2D eigenvalue weighted by atomic mass is 16.5. The molecule has 0 saturated heterocycles. The maximum Gasteiger partial charge on any atom is 0.329 e. The Morgan fingerprint density at radius 1 is 1.40 bits per heavy atom. The molecule has 0 aromatic rings. The Hall–Kier alpha value is -1.34. The summed E-state index contributed by atoms with van der Waals surface area (Å²) in [7, 11) is 1.61. The predicted octanol–water partition coefficient (Wildman–Crippen LogP) is 0.544. The molecule has 20 heavy (non-hydrogen) atoms. The van der Waals surface area contributed by atoms with Gasteiger partial charge in [-0.15, -0.1) is 0 Å². The molecule has 1 aliphatic rings. The Labute approximate surface area is 119 Å². The zero-order valence-electron chi connectivity index (χ0n) is 12.1. The van der Waals surface area contributed by atoms with Crippen LogP contribution in [-0.2, 0) is 14.3 Å². The fourth-order valence-corrected chi connectivity index (χ4v) is 2.00. The van der Waals surface area contributed by atoms with Crippen molar-refractivity contribution in [3.63, 3.8) is 0 Å². The number of amides is 2. The molecular formula is C13H24N2O5. The lowest BCUT2D eigenvalue weighted by molar-refractivity contribution is -0.142. The average molecular weight is 288 g/mol. The number of nitrogens with one attached hydrogen (secondary N) is 1. The highest BCUT2D eigenvalue weighted by molar-refractivity contribution is 5.74. The molecule has 0 radical (unpaired) electrons. The van der Waals surface area contributed by atoms with E-state index in [9.17, 15) is 9.59 Å². The minimum absolute atomic E-state index is 0.152. The molecule has 0 spiro atoms. The zero-order valence-corrected chi connectivity index (χ0v) is 12.1. The molecule has 2 amide bonds. The molecule has 0 heterocycles. The van der Waals surface area contributed by atoms with Gasteiger partial charge in [-0.3, -0.25) is 0 Å². The lowest BCUT2D eigenvalue weighted by atomic mass is 10.2. The van der Waals surface area contributed by atoms with Gasteiger partial charge in [0.15, 0.2) is 0 Å². The Morgan fingerprint density at radius 2 is 2.10 bits per heavy atom. The molecule has 1 saturated carbocycles.